The number of thiazole rings is 1. The van der Waals surface area contributed by atoms with Crippen LogP contribution in [-0.4, -0.2) is 66.6 Å². The average molecular weight is 480 g/mol. The summed E-state index contributed by atoms with van der Waals surface area (Å²) < 4.78 is 28.4. The summed E-state index contributed by atoms with van der Waals surface area (Å²) in [6.07, 6.45) is 0.714. The second-order valence-corrected chi connectivity index (χ2v) is 10.4. The molecule has 1 atom stereocenters. The Hall–Kier alpha value is -3.12. The first-order valence-electron chi connectivity index (χ1n) is 9.63. The van der Waals surface area contributed by atoms with Crippen LogP contribution in [0.15, 0.2) is 24.3 Å². The lowest BCUT2D eigenvalue weighted by Crippen LogP contribution is -2.48. The maximum atomic E-state index is 13.1. The lowest BCUT2D eigenvalue weighted by atomic mass is 10.1. The number of imide groups is 1. The fourth-order valence-corrected chi connectivity index (χ4v) is 4.73. The number of hydrogen-bond acceptors (Lipinski definition) is 9. The number of nitrogens with zero attached hydrogens (tertiary/aromatic N) is 2. The van der Waals surface area contributed by atoms with Crippen molar-refractivity contribution in [1.82, 2.24) is 9.88 Å². The molecule has 32 heavy (non-hydrogen) atoms. The van der Waals surface area contributed by atoms with E-state index in [2.05, 4.69) is 10.3 Å². The number of benzene rings is 1. The summed E-state index contributed by atoms with van der Waals surface area (Å²) in [6, 6.07) is 4.74. The van der Waals surface area contributed by atoms with Gasteiger partial charge in [0.25, 0.3) is 11.8 Å². The molecule has 0 bridgehead atoms. The minimum absolute atomic E-state index is 0.0662. The van der Waals surface area contributed by atoms with Crippen molar-refractivity contribution in [3.05, 3.63) is 46.0 Å². The van der Waals surface area contributed by atoms with Gasteiger partial charge in [0.05, 0.1) is 29.2 Å². The van der Waals surface area contributed by atoms with Gasteiger partial charge in [-0.15, -0.1) is 0 Å². The van der Waals surface area contributed by atoms with Gasteiger partial charge in [-0.3, -0.25) is 19.3 Å². The molecule has 0 saturated heterocycles. The van der Waals surface area contributed by atoms with Crippen LogP contribution in [0.1, 0.15) is 49.4 Å². The van der Waals surface area contributed by atoms with E-state index in [0.717, 1.165) is 22.5 Å². The first-order valence-corrected chi connectivity index (χ1v) is 12.5. The van der Waals surface area contributed by atoms with Crippen molar-refractivity contribution in [3.8, 4) is 0 Å². The van der Waals surface area contributed by atoms with Crippen LogP contribution in [0.2, 0.25) is 0 Å². The van der Waals surface area contributed by atoms with Crippen molar-refractivity contribution in [1.29, 1.82) is 0 Å². The number of anilines is 1. The molecule has 1 aliphatic rings. The first-order chi connectivity index (χ1) is 15.0. The van der Waals surface area contributed by atoms with Gasteiger partial charge >= 0.3 is 5.97 Å². The van der Waals surface area contributed by atoms with E-state index in [-0.39, 0.29) is 34.2 Å². The number of amides is 3. The molecule has 1 aromatic heterocycles. The van der Waals surface area contributed by atoms with Crippen molar-refractivity contribution in [2.24, 2.45) is 0 Å². The molecule has 1 aromatic carbocycles. The molecule has 2 heterocycles. The summed E-state index contributed by atoms with van der Waals surface area (Å²) >= 11 is 0.884. The molecule has 0 fully saturated rings. The van der Waals surface area contributed by atoms with Gasteiger partial charge in [0, 0.05) is 6.26 Å². The molecule has 0 radical (unpaired) electrons. The number of fused-ring (bicyclic) bond motifs is 1. The quantitative estimate of drug-likeness (QED) is 0.445. The van der Waals surface area contributed by atoms with Crippen LogP contribution in [0.25, 0.3) is 0 Å². The molecule has 12 heteroatoms. The standard InChI is InChI=1S/C20H21N3O7S2/c1-4-30-19(27)15-11(2)21-20(31-15)22-16(24)14(9-10-32(3,28)29)23-17(25)12-7-5-6-8-13(12)18(23)26/h5-8,14H,4,9-10H2,1-3H3,(H,21,22,24)/t14-/m1/s1. The Morgan fingerprint density at radius 1 is 1.19 bits per heavy atom. The van der Waals surface area contributed by atoms with E-state index in [1.165, 1.54) is 12.1 Å². The second-order valence-electron chi connectivity index (χ2n) is 7.10. The van der Waals surface area contributed by atoms with E-state index in [4.69, 9.17) is 4.74 Å². The van der Waals surface area contributed by atoms with Crippen LogP contribution in [-0.2, 0) is 19.4 Å². The molecule has 1 aliphatic heterocycles. The Labute approximate surface area is 188 Å². The number of sulfone groups is 1. The second kappa shape index (κ2) is 9.17. The van der Waals surface area contributed by atoms with Crippen LogP contribution in [0.3, 0.4) is 0 Å². The third kappa shape index (κ3) is 4.86. The molecule has 1 N–H and O–H groups in total. The van der Waals surface area contributed by atoms with E-state index in [9.17, 15) is 27.6 Å². The third-order valence-electron chi connectivity index (χ3n) is 4.69. The lowest BCUT2D eigenvalue weighted by Gasteiger charge is -2.24. The van der Waals surface area contributed by atoms with Gasteiger partial charge in [-0.25, -0.2) is 18.2 Å². The van der Waals surface area contributed by atoms with Crippen molar-refractivity contribution in [2.45, 2.75) is 26.3 Å². The van der Waals surface area contributed by atoms with E-state index in [1.54, 1.807) is 26.0 Å². The Morgan fingerprint density at radius 3 is 2.31 bits per heavy atom. The van der Waals surface area contributed by atoms with Crippen molar-refractivity contribution in [3.63, 3.8) is 0 Å². The minimum atomic E-state index is -3.48. The number of aryl methyl sites for hydroxylation is 1. The molecule has 3 rings (SSSR count). The van der Waals surface area contributed by atoms with Gasteiger partial charge in [-0.2, -0.15) is 0 Å². The normalized spacial score (nSPS) is 14.3. The van der Waals surface area contributed by atoms with Gasteiger partial charge in [0.1, 0.15) is 20.8 Å². The topological polar surface area (TPSA) is 140 Å². The molecule has 10 nitrogen and oxygen atoms in total. The average Bonchev–Trinajstić information content (AvgIpc) is 3.20. The summed E-state index contributed by atoms with van der Waals surface area (Å²) in [5.41, 5.74) is 0.630. The largest absolute Gasteiger partial charge is 0.462 e. The molecular weight excluding hydrogens is 458 g/mol. The number of carbonyl (C=O) groups is 4. The summed E-state index contributed by atoms with van der Waals surface area (Å²) in [5, 5.41) is 2.57. The zero-order valence-electron chi connectivity index (χ0n) is 17.6. The molecule has 170 valence electrons. The Kier molecular flexibility index (Phi) is 6.74. The summed E-state index contributed by atoms with van der Waals surface area (Å²) in [4.78, 5) is 55.9. The third-order valence-corrected chi connectivity index (χ3v) is 6.72. The number of esters is 1. The number of nitrogens with one attached hydrogen (secondary N) is 1. The maximum Gasteiger partial charge on any atom is 0.350 e. The summed E-state index contributed by atoms with van der Waals surface area (Å²) in [5.74, 6) is -3.14. The molecule has 0 saturated carbocycles. The van der Waals surface area contributed by atoms with Gasteiger partial charge in [-0.1, -0.05) is 23.5 Å². The number of rotatable bonds is 8. The number of aromatic nitrogens is 1. The van der Waals surface area contributed by atoms with E-state index in [0.29, 0.717) is 5.69 Å². The van der Waals surface area contributed by atoms with Crippen LogP contribution in [0.4, 0.5) is 5.13 Å². The molecule has 0 spiro atoms. The fraction of sp³-hybridized carbons (Fsp3) is 0.350. The highest BCUT2D eigenvalue weighted by atomic mass is 32.2. The van der Waals surface area contributed by atoms with E-state index in [1.807, 2.05) is 0 Å². The molecule has 2 aromatic rings. The first kappa shape index (κ1) is 23.5. The Balaban J connectivity index is 1.89. The van der Waals surface area contributed by atoms with Gasteiger partial charge < -0.3 is 10.1 Å². The minimum Gasteiger partial charge on any atom is -0.462 e. The van der Waals surface area contributed by atoms with Gasteiger partial charge in [0.15, 0.2) is 5.13 Å². The van der Waals surface area contributed by atoms with E-state index < -0.39 is 45.3 Å². The zero-order chi connectivity index (χ0) is 23.6. The van der Waals surface area contributed by atoms with Crippen molar-refractivity contribution >= 4 is 50.0 Å². The SMILES string of the molecule is CCOC(=O)c1sc(NC(=O)[C@@H](CCS(C)(=O)=O)N2C(=O)c3ccccc3C2=O)nc1C. The Morgan fingerprint density at radius 2 is 1.78 bits per heavy atom. The smallest absolute Gasteiger partial charge is 0.350 e. The van der Waals surface area contributed by atoms with Crippen molar-refractivity contribution in [2.75, 3.05) is 23.9 Å². The van der Waals surface area contributed by atoms with Crippen molar-refractivity contribution < 1.29 is 32.3 Å². The molecule has 0 unspecified atom stereocenters. The molecular formula is C20H21N3O7S2. The number of ether oxygens (including phenoxy) is 1. The molecule has 0 aliphatic carbocycles. The van der Waals surface area contributed by atoms with Crippen LogP contribution >= 0.6 is 11.3 Å². The maximum absolute atomic E-state index is 13.1. The van der Waals surface area contributed by atoms with Gasteiger partial charge in [0.2, 0.25) is 5.91 Å². The highest BCUT2D eigenvalue weighted by molar-refractivity contribution is 7.90. The van der Waals surface area contributed by atoms with Crippen LogP contribution < -0.4 is 5.32 Å². The number of hydrogen-bond donors (Lipinski definition) is 1. The van der Waals surface area contributed by atoms with Crippen LogP contribution in [0, 0.1) is 6.92 Å². The predicted molar refractivity (Wildman–Crippen MR) is 116 cm³/mol. The monoisotopic (exact) mass is 479 g/mol. The lowest BCUT2D eigenvalue weighted by molar-refractivity contribution is -0.120. The fourth-order valence-electron chi connectivity index (χ4n) is 3.22. The predicted octanol–water partition coefficient (Wildman–Crippen LogP) is 1.67. The summed E-state index contributed by atoms with van der Waals surface area (Å²) in [6.45, 7) is 3.40. The summed E-state index contributed by atoms with van der Waals surface area (Å²) in [7, 11) is -3.48. The van der Waals surface area contributed by atoms with Gasteiger partial charge in [-0.05, 0) is 32.4 Å². The number of carbonyl (C=O) groups excluding carboxylic acids is 4. The van der Waals surface area contributed by atoms with E-state index >= 15 is 0 Å². The Bertz CT molecular complexity index is 1170. The zero-order valence-corrected chi connectivity index (χ0v) is 19.2. The molecule has 3 amide bonds. The van der Waals surface area contributed by atoms with Crippen LogP contribution in [0.5, 0.6) is 0 Å². The highest BCUT2D eigenvalue weighted by Gasteiger charge is 2.43. The highest BCUT2D eigenvalue weighted by Crippen LogP contribution is 2.28.